The molecule has 1 aromatic heterocycles. The van der Waals surface area contributed by atoms with Crippen LogP contribution in [0.5, 0.6) is 5.75 Å². The zero-order valence-electron chi connectivity index (χ0n) is 17.7. The van der Waals surface area contributed by atoms with Gasteiger partial charge in [0.05, 0.1) is 6.61 Å². The van der Waals surface area contributed by atoms with Gasteiger partial charge in [0.15, 0.2) is 0 Å². The highest BCUT2D eigenvalue weighted by Crippen LogP contribution is 2.17. The molecule has 7 nitrogen and oxygen atoms in total. The standard InChI is InChI=1S/C23H25FN4O3/c1-16-4-5-17(2)18(14-16)15-26-11-12-27-21(22(26)29)25-28(23(27)30)10-3-13-31-20-8-6-19(24)7-9-20/h4-9,14H,3,10-13,15H2,1-2H3. The lowest BCUT2D eigenvalue weighted by molar-refractivity contribution is 0.0681. The number of carbonyl (C=O) groups is 1. The number of aryl methyl sites for hydroxylation is 3. The molecule has 1 aliphatic heterocycles. The van der Waals surface area contributed by atoms with Crippen LogP contribution in [-0.4, -0.2) is 38.3 Å². The molecule has 0 saturated carbocycles. The predicted molar refractivity (Wildman–Crippen MR) is 114 cm³/mol. The number of rotatable bonds is 7. The van der Waals surface area contributed by atoms with Crippen LogP contribution < -0.4 is 10.4 Å². The van der Waals surface area contributed by atoms with E-state index in [-0.39, 0.29) is 23.2 Å². The minimum absolute atomic E-state index is 0.181. The number of hydrogen-bond acceptors (Lipinski definition) is 4. The molecular formula is C23H25FN4O3. The van der Waals surface area contributed by atoms with Crippen molar-refractivity contribution in [2.75, 3.05) is 13.2 Å². The number of carbonyl (C=O) groups excluding carboxylic acids is 1. The maximum atomic E-state index is 13.0. The third kappa shape index (κ3) is 4.52. The van der Waals surface area contributed by atoms with Crippen molar-refractivity contribution in [2.45, 2.75) is 39.9 Å². The maximum absolute atomic E-state index is 13.0. The van der Waals surface area contributed by atoms with Crippen LogP contribution in [0.2, 0.25) is 0 Å². The minimum Gasteiger partial charge on any atom is -0.494 e. The van der Waals surface area contributed by atoms with Crippen molar-refractivity contribution in [3.05, 3.63) is 81.3 Å². The number of aromatic nitrogens is 3. The summed E-state index contributed by atoms with van der Waals surface area (Å²) >= 11 is 0. The van der Waals surface area contributed by atoms with Crippen LogP contribution in [0.15, 0.2) is 47.3 Å². The van der Waals surface area contributed by atoms with Crippen molar-refractivity contribution in [1.82, 2.24) is 19.2 Å². The van der Waals surface area contributed by atoms with Gasteiger partial charge in [-0.2, -0.15) is 0 Å². The molecule has 0 unspecified atom stereocenters. The minimum atomic E-state index is -0.321. The fourth-order valence-electron chi connectivity index (χ4n) is 3.67. The molecule has 2 heterocycles. The van der Waals surface area contributed by atoms with E-state index in [1.54, 1.807) is 17.0 Å². The van der Waals surface area contributed by atoms with E-state index in [2.05, 4.69) is 23.3 Å². The third-order valence-corrected chi connectivity index (χ3v) is 5.46. The van der Waals surface area contributed by atoms with Crippen LogP contribution in [0, 0.1) is 19.7 Å². The van der Waals surface area contributed by atoms with Crippen LogP contribution in [-0.2, 0) is 19.6 Å². The quantitative estimate of drug-likeness (QED) is 0.547. The van der Waals surface area contributed by atoms with Gasteiger partial charge in [0.25, 0.3) is 5.91 Å². The van der Waals surface area contributed by atoms with E-state index in [9.17, 15) is 14.0 Å². The van der Waals surface area contributed by atoms with Crippen LogP contribution in [0.25, 0.3) is 0 Å². The molecule has 1 aliphatic rings. The second-order valence-electron chi connectivity index (χ2n) is 7.79. The highest BCUT2D eigenvalue weighted by atomic mass is 19.1. The molecule has 0 spiro atoms. The molecule has 3 aromatic rings. The monoisotopic (exact) mass is 424 g/mol. The summed E-state index contributed by atoms with van der Waals surface area (Å²) in [5.74, 6) is 0.195. The number of nitrogens with zero attached hydrogens (tertiary/aromatic N) is 4. The highest BCUT2D eigenvalue weighted by Gasteiger charge is 2.29. The summed E-state index contributed by atoms with van der Waals surface area (Å²) in [5, 5.41) is 4.29. The molecule has 2 aromatic carbocycles. The second kappa shape index (κ2) is 8.75. The molecule has 8 heteroatoms. The fraction of sp³-hybridized carbons (Fsp3) is 0.348. The summed E-state index contributed by atoms with van der Waals surface area (Å²) in [6.45, 7) is 6.15. The van der Waals surface area contributed by atoms with E-state index in [4.69, 9.17) is 4.74 Å². The van der Waals surface area contributed by atoms with Crippen molar-refractivity contribution in [2.24, 2.45) is 0 Å². The molecule has 0 fully saturated rings. The average molecular weight is 424 g/mol. The lowest BCUT2D eigenvalue weighted by Crippen LogP contribution is -2.42. The maximum Gasteiger partial charge on any atom is 0.346 e. The van der Waals surface area contributed by atoms with Gasteiger partial charge < -0.3 is 9.64 Å². The largest absolute Gasteiger partial charge is 0.494 e. The Morgan fingerprint density at radius 2 is 1.84 bits per heavy atom. The van der Waals surface area contributed by atoms with E-state index < -0.39 is 0 Å². The highest BCUT2D eigenvalue weighted by molar-refractivity contribution is 5.91. The van der Waals surface area contributed by atoms with Crippen LogP contribution in [0.3, 0.4) is 0 Å². The number of fused-ring (bicyclic) bond motifs is 1. The average Bonchev–Trinajstić information content (AvgIpc) is 3.08. The normalized spacial score (nSPS) is 13.4. The molecule has 4 rings (SSSR count). The Labute approximate surface area is 179 Å². The Morgan fingerprint density at radius 1 is 1.06 bits per heavy atom. The fourth-order valence-corrected chi connectivity index (χ4v) is 3.67. The first-order chi connectivity index (χ1) is 14.9. The lowest BCUT2D eigenvalue weighted by Gasteiger charge is -2.27. The molecule has 31 heavy (non-hydrogen) atoms. The van der Waals surface area contributed by atoms with Gasteiger partial charge in [-0.1, -0.05) is 23.8 Å². The smallest absolute Gasteiger partial charge is 0.346 e. The van der Waals surface area contributed by atoms with E-state index in [1.807, 2.05) is 13.8 Å². The number of amides is 1. The number of halogens is 1. The molecule has 0 bridgehead atoms. The molecule has 0 aliphatic carbocycles. The van der Waals surface area contributed by atoms with E-state index in [1.165, 1.54) is 21.4 Å². The number of benzene rings is 2. The summed E-state index contributed by atoms with van der Waals surface area (Å²) in [6.07, 6.45) is 0.536. The lowest BCUT2D eigenvalue weighted by atomic mass is 10.0. The Bertz CT molecular complexity index is 1150. The first-order valence-corrected chi connectivity index (χ1v) is 10.3. The number of ether oxygens (including phenoxy) is 1. The summed E-state index contributed by atoms with van der Waals surface area (Å²) < 4.78 is 21.3. The SMILES string of the molecule is Cc1ccc(C)c(CN2CCn3c(nn(CCCOc4ccc(F)cc4)c3=O)C2=O)c1. The first-order valence-electron chi connectivity index (χ1n) is 10.3. The van der Waals surface area contributed by atoms with E-state index in [0.717, 1.165) is 16.7 Å². The molecule has 1 amide bonds. The van der Waals surface area contributed by atoms with Gasteiger partial charge in [-0.15, -0.1) is 5.10 Å². The molecule has 0 N–H and O–H groups in total. The molecule has 0 saturated heterocycles. The zero-order chi connectivity index (χ0) is 22.0. The van der Waals surface area contributed by atoms with Crippen molar-refractivity contribution in [1.29, 1.82) is 0 Å². The summed E-state index contributed by atoms with van der Waals surface area (Å²) in [5.41, 5.74) is 3.10. The Balaban J connectivity index is 1.40. The van der Waals surface area contributed by atoms with Crippen molar-refractivity contribution < 1.29 is 13.9 Å². The van der Waals surface area contributed by atoms with Crippen LogP contribution >= 0.6 is 0 Å². The van der Waals surface area contributed by atoms with Gasteiger partial charge in [-0.3, -0.25) is 9.36 Å². The molecule has 0 atom stereocenters. The van der Waals surface area contributed by atoms with Crippen LogP contribution in [0.4, 0.5) is 4.39 Å². The van der Waals surface area contributed by atoms with E-state index in [0.29, 0.717) is 45.0 Å². The Hall–Kier alpha value is -3.42. The molecule has 162 valence electrons. The molecular weight excluding hydrogens is 399 g/mol. The third-order valence-electron chi connectivity index (χ3n) is 5.46. The first kappa shape index (κ1) is 20.8. The second-order valence-corrected chi connectivity index (χ2v) is 7.79. The summed E-state index contributed by atoms with van der Waals surface area (Å²) in [7, 11) is 0. The zero-order valence-corrected chi connectivity index (χ0v) is 17.7. The van der Waals surface area contributed by atoms with Gasteiger partial charge in [0.1, 0.15) is 11.6 Å². The number of hydrogen-bond donors (Lipinski definition) is 0. The van der Waals surface area contributed by atoms with Crippen molar-refractivity contribution >= 4 is 5.91 Å². The topological polar surface area (TPSA) is 69.4 Å². The summed E-state index contributed by atoms with van der Waals surface area (Å²) in [6, 6.07) is 12.0. The Morgan fingerprint density at radius 3 is 2.61 bits per heavy atom. The van der Waals surface area contributed by atoms with Gasteiger partial charge in [-0.25, -0.2) is 13.9 Å². The predicted octanol–water partition coefficient (Wildman–Crippen LogP) is 2.93. The van der Waals surface area contributed by atoms with Crippen LogP contribution in [0.1, 0.15) is 33.7 Å². The van der Waals surface area contributed by atoms with Gasteiger partial charge in [-0.05, 0) is 49.2 Å². The molecule has 0 radical (unpaired) electrons. The van der Waals surface area contributed by atoms with E-state index >= 15 is 0 Å². The van der Waals surface area contributed by atoms with Gasteiger partial charge in [0.2, 0.25) is 5.82 Å². The summed E-state index contributed by atoms with van der Waals surface area (Å²) in [4.78, 5) is 27.3. The Kier molecular flexibility index (Phi) is 5.88. The van der Waals surface area contributed by atoms with Crippen molar-refractivity contribution in [3.8, 4) is 5.75 Å². The van der Waals surface area contributed by atoms with Gasteiger partial charge >= 0.3 is 5.69 Å². The van der Waals surface area contributed by atoms with Gasteiger partial charge in [0, 0.05) is 32.6 Å². The van der Waals surface area contributed by atoms with Crippen molar-refractivity contribution in [3.63, 3.8) is 0 Å².